The maximum absolute atomic E-state index is 9.04. The molecule has 0 saturated carbocycles. The standard InChI is InChI=1S/2C7H7NO2/c2*9-7-4-2-1-3-6(7)5-8-10/h2*1-5,9-10H/b2*8-5+. The lowest BCUT2D eigenvalue weighted by Gasteiger charge is -1.93. The van der Waals surface area contributed by atoms with Gasteiger partial charge in [0.25, 0.3) is 0 Å². The third-order valence-corrected chi connectivity index (χ3v) is 2.27. The van der Waals surface area contributed by atoms with E-state index in [4.69, 9.17) is 20.6 Å². The Morgan fingerprint density at radius 2 is 1.00 bits per heavy atom. The number of hydrogen-bond donors (Lipinski definition) is 4. The molecule has 0 fully saturated rings. The largest absolute Gasteiger partial charge is 0.507 e. The smallest absolute Gasteiger partial charge is 0.124 e. The van der Waals surface area contributed by atoms with Crippen LogP contribution in [-0.2, 0) is 0 Å². The highest BCUT2D eigenvalue weighted by Crippen LogP contribution is 2.12. The topological polar surface area (TPSA) is 106 Å². The van der Waals surface area contributed by atoms with E-state index in [-0.39, 0.29) is 11.5 Å². The maximum Gasteiger partial charge on any atom is 0.124 e. The summed E-state index contributed by atoms with van der Waals surface area (Å²) in [5, 5.41) is 39.8. The first-order chi connectivity index (χ1) is 9.69. The molecule has 0 bridgehead atoms. The van der Waals surface area contributed by atoms with Crippen LogP contribution in [0.15, 0.2) is 58.8 Å². The highest BCUT2D eigenvalue weighted by molar-refractivity contribution is 5.83. The van der Waals surface area contributed by atoms with Gasteiger partial charge in [0.1, 0.15) is 11.5 Å². The lowest BCUT2D eigenvalue weighted by Crippen LogP contribution is -1.79. The summed E-state index contributed by atoms with van der Waals surface area (Å²) < 4.78 is 0. The van der Waals surface area contributed by atoms with Gasteiger partial charge >= 0.3 is 0 Å². The predicted molar refractivity (Wildman–Crippen MR) is 75.0 cm³/mol. The summed E-state index contributed by atoms with van der Waals surface area (Å²) in [7, 11) is 0. The zero-order chi connectivity index (χ0) is 14.8. The number of hydrogen-bond acceptors (Lipinski definition) is 6. The summed E-state index contributed by atoms with van der Waals surface area (Å²) >= 11 is 0. The van der Waals surface area contributed by atoms with E-state index in [2.05, 4.69) is 10.3 Å². The van der Waals surface area contributed by atoms with E-state index in [0.29, 0.717) is 11.1 Å². The third-order valence-electron chi connectivity index (χ3n) is 2.27. The fraction of sp³-hybridized carbons (Fsp3) is 0. The Bertz CT molecular complexity index is 544. The zero-order valence-corrected chi connectivity index (χ0v) is 10.5. The van der Waals surface area contributed by atoms with Crippen LogP contribution in [0.1, 0.15) is 11.1 Å². The van der Waals surface area contributed by atoms with Crippen LogP contribution in [-0.4, -0.2) is 33.1 Å². The number of oxime groups is 2. The molecule has 104 valence electrons. The molecular weight excluding hydrogens is 260 g/mol. The summed E-state index contributed by atoms with van der Waals surface area (Å²) in [5.41, 5.74) is 1.01. The van der Waals surface area contributed by atoms with Crippen LogP contribution >= 0.6 is 0 Å². The van der Waals surface area contributed by atoms with E-state index in [0.717, 1.165) is 0 Å². The van der Waals surface area contributed by atoms with Crippen molar-refractivity contribution in [3.8, 4) is 11.5 Å². The second-order valence-electron chi connectivity index (χ2n) is 3.61. The van der Waals surface area contributed by atoms with Gasteiger partial charge in [-0.15, -0.1) is 0 Å². The fourth-order valence-electron chi connectivity index (χ4n) is 1.32. The third kappa shape index (κ3) is 4.69. The maximum atomic E-state index is 9.04. The molecule has 6 heteroatoms. The van der Waals surface area contributed by atoms with Gasteiger partial charge in [0.05, 0.1) is 12.4 Å². The highest BCUT2D eigenvalue weighted by Gasteiger charge is 1.93. The molecule has 4 N–H and O–H groups in total. The average molecular weight is 274 g/mol. The monoisotopic (exact) mass is 274 g/mol. The number of rotatable bonds is 2. The lowest BCUT2D eigenvalue weighted by atomic mass is 10.2. The number of aromatic hydroxyl groups is 2. The van der Waals surface area contributed by atoms with Gasteiger partial charge in [0, 0.05) is 11.1 Å². The highest BCUT2D eigenvalue weighted by atomic mass is 16.4. The molecule has 0 aliphatic carbocycles. The molecule has 0 radical (unpaired) electrons. The Labute approximate surface area is 115 Å². The SMILES string of the molecule is O/N=C/c1ccccc1O.O/N=C/c1ccccc1O. The molecule has 2 aromatic rings. The molecule has 0 heterocycles. The summed E-state index contributed by atoms with van der Waals surface area (Å²) in [6, 6.07) is 13.2. The van der Waals surface area contributed by atoms with Crippen LogP contribution < -0.4 is 0 Å². The first-order valence-electron chi connectivity index (χ1n) is 5.60. The van der Waals surface area contributed by atoms with E-state index in [1.54, 1.807) is 36.4 Å². The van der Waals surface area contributed by atoms with Gasteiger partial charge in [0.15, 0.2) is 0 Å². The van der Waals surface area contributed by atoms with E-state index in [1.165, 1.54) is 24.6 Å². The van der Waals surface area contributed by atoms with Crippen LogP contribution in [0.4, 0.5) is 0 Å². The number of para-hydroxylation sites is 2. The Kier molecular flexibility index (Phi) is 6.13. The zero-order valence-electron chi connectivity index (χ0n) is 10.5. The Hall–Kier alpha value is -3.02. The normalized spacial score (nSPS) is 10.4. The molecule has 20 heavy (non-hydrogen) atoms. The van der Waals surface area contributed by atoms with E-state index < -0.39 is 0 Å². The van der Waals surface area contributed by atoms with Crippen molar-refractivity contribution < 1.29 is 20.6 Å². The van der Waals surface area contributed by atoms with Gasteiger partial charge in [-0.1, -0.05) is 34.6 Å². The van der Waals surface area contributed by atoms with Gasteiger partial charge < -0.3 is 20.6 Å². The van der Waals surface area contributed by atoms with Crippen molar-refractivity contribution in [3.63, 3.8) is 0 Å². The predicted octanol–water partition coefficient (Wildman–Crippen LogP) is 2.40. The molecule has 2 aromatic carbocycles. The Morgan fingerprint density at radius 1 is 0.650 bits per heavy atom. The molecule has 0 unspecified atom stereocenters. The van der Waals surface area contributed by atoms with Gasteiger partial charge in [-0.2, -0.15) is 0 Å². The molecule has 0 saturated heterocycles. The van der Waals surface area contributed by atoms with Crippen molar-refractivity contribution in [1.29, 1.82) is 0 Å². The van der Waals surface area contributed by atoms with Crippen LogP contribution in [0.3, 0.4) is 0 Å². The lowest BCUT2D eigenvalue weighted by molar-refractivity contribution is 0.321. The molecule has 0 aromatic heterocycles. The van der Waals surface area contributed by atoms with Gasteiger partial charge in [-0.05, 0) is 24.3 Å². The van der Waals surface area contributed by atoms with Gasteiger partial charge in [-0.25, -0.2) is 0 Å². The van der Waals surface area contributed by atoms with Crippen molar-refractivity contribution in [2.24, 2.45) is 10.3 Å². The van der Waals surface area contributed by atoms with Crippen LogP contribution in [0.5, 0.6) is 11.5 Å². The van der Waals surface area contributed by atoms with Crippen molar-refractivity contribution in [2.75, 3.05) is 0 Å². The van der Waals surface area contributed by atoms with Crippen LogP contribution in [0.2, 0.25) is 0 Å². The van der Waals surface area contributed by atoms with E-state index in [9.17, 15) is 0 Å². The van der Waals surface area contributed by atoms with Gasteiger partial charge in [0.2, 0.25) is 0 Å². The van der Waals surface area contributed by atoms with Gasteiger partial charge in [-0.3, -0.25) is 0 Å². The summed E-state index contributed by atoms with van der Waals surface area (Å²) in [6.45, 7) is 0. The molecule has 0 spiro atoms. The van der Waals surface area contributed by atoms with Crippen molar-refractivity contribution >= 4 is 12.4 Å². The molecule has 0 aliphatic heterocycles. The molecule has 0 atom stereocenters. The average Bonchev–Trinajstić information content (AvgIpc) is 2.45. The molecule has 2 rings (SSSR count). The molecular formula is C14H14N2O4. The van der Waals surface area contributed by atoms with E-state index >= 15 is 0 Å². The molecule has 0 aliphatic rings. The first-order valence-corrected chi connectivity index (χ1v) is 5.60. The van der Waals surface area contributed by atoms with Crippen molar-refractivity contribution in [3.05, 3.63) is 59.7 Å². The second kappa shape index (κ2) is 8.15. The summed E-state index contributed by atoms with van der Waals surface area (Å²) in [5.74, 6) is 0.223. The second-order valence-corrected chi connectivity index (χ2v) is 3.61. The Morgan fingerprint density at radius 3 is 1.30 bits per heavy atom. The minimum Gasteiger partial charge on any atom is -0.507 e. The fourth-order valence-corrected chi connectivity index (χ4v) is 1.32. The number of phenolic OH excluding ortho intramolecular Hbond substituents is 2. The van der Waals surface area contributed by atoms with E-state index in [1.807, 2.05) is 0 Å². The quantitative estimate of drug-likeness (QED) is 0.383. The van der Waals surface area contributed by atoms with Crippen LogP contribution in [0, 0.1) is 0 Å². The number of nitrogens with zero attached hydrogens (tertiary/aromatic N) is 2. The van der Waals surface area contributed by atoms with Crippen molar-refractivity contribution in [2.45, 2.75) is 0 Å². The number of benzene rings is 2. The number of phenols is 2. The minimum absolute atomic E-state index is 0.111. The minimum atomic E-state index is 0.111. The molecule has 6 nitrogen and oxygen atoms in total. The van der Waals surface area contributed by atoms with Crippen molar-refractivity contribution in [1.82, 2.24) is 0 Å². The first kappa shape index (κ1) is 15.0. The van der Waals surface area contributed by atoms with Crippen LogP contribution in [0.25, 0.3) is 0 Å². The molecule has 0 amide bonds. The summed E-state index contributed by atoms with van der Waals surface area (Å²) in [4.78, 5) is 0. The Balaban J connectivity index is 0.000000200. The summed E-state index contributed by atoms with van der Waals surface area (Å²) in [6.07, 6.45) is 2.35.